The fraction of sp³-hybridized carbons (Fsp3) is 0.261. The van der Waals surface area contributed by atoms with E-state index in [4.69, 9.17) is 13.9 Å². The Morgan fingerprint density at radius 2 is 1.77 bits per heavy atom. The summed E-state index contributed by atoms with van der Waals surface area (Å²) in [6, 6.07) is 14.1. The molecular weight excluding hydrogens is 416 g/mol. The van der Waals surface area contributed by atoms with Crippen molar-refractivity contribution in [2.75, 3.05) is 13.2 Å². The zero-order chi connectivity index (χ0) is 21.6. The van der Waals surface area contributed by atoms with Gasteiger partial charge in [-0.15, -0.1) is 0 Å². The van der Waals surface area contributed by atoms with Crippen LogP contribution in [0.4, 0.5) is 0 Å². The van der Waals surface area contributed by atoms with E-state index in [0.29, 0.717) is 30.2 Å². The summed E-state index contributed by atoms with van der Waals surface area (Å²) in [5.41, 5.74) is 4.26. The predicted molar refractivity (Wildman–Crippen MR) is 115 cm³/mol. The third-order valence-corrected chi connectivity index (χ3v) is 7.15. The van der Waals surface area contributed by atoms with Crippen LogP contribution in [0.5, 0.6) is 0 Å². The lowest BCUT2D eigenvalue weighted by molar-refractivity contribution is -0.182. The molecule has 7 nitrogen and oxygen atoms in total. The van der Waals surface area contributed by atoms with E-state index in [1.165, 1.54) is 0 Å². The van der Waals surface area contributed by atoms with E-state index in [1.54, 1.807) is 43.5 Å². The Balaban J connectivity index is 1.66. The molecule has 0 atom stereocenters. The number of benzene rings is 2. The Morgan fingerprint density at radius 1 is 1.03 bits per heavy atom. The smallest absolute Gasteiger partial charge is 0.283 e. The number of hydrogen-bond acceptors (Lipinski definition) is 6. The molecule has 31 heavy (non-hydrogen) atoms. The highest BCUT2D eigenvalue weighted by Crippen LogP contribution is 2.37. The zero-order valence-electron chi connectivity index (χ0n) is 17.2. The molecular formula is C23H22N2O5S. The van der Waals surface area contributed by atoms with Crippen LogP contribution >= 0.6 is 0 Å². The lowest BCUT2D eigenvalue weighted by atomic mass is 9.99. The van der Waals surface area contributed by atoms with Gasteiger partial charge >= 0.3 is 0 Å². The molecule has 1 saturated heterocycles. The fourth-order valence-corrected chi connectivity index (χ4v) is 5.44. The minimum atomic E-state index is -3.80. The van der Waals surface area contributed by atoms with Crippen molar-refractivity contribution in [1.29, 1.82) is 0 Å². The molecule has 0 radical (unpaired) electrons. The third kappa shape index (κ3) is 3.37. The Hall–Kier alpha value is -2.94. The van der Waals surface area contributed by atoms with Crippen LogP contribution in [-0.4, -0.2) is 30.8 Å². The van der Waals surface area contributed by atoms with Gasteiger partial charge in [-0.3, -0.25) is 0 Å². The van der Waals surface area contributed by atoms with Crippen molar-refractivity contribution >= 4 is 21.0 Å². The molecule has 1 aliphatic rings. The van der Waals surface area contributed by atoms with Crippen LogP contribution in [0.25, 0.3) is 22.1 Å². The molecule has 0 unspecified atom stereocenters. The van der Waals surface area contributed by atoms with Gasteiger partial charge in [-0.2, -0.15) is 17.6 Å². The highest BCUT2D eigenvalue weighted by Gasteiger charge is 2.27. The van der Waals surface area contributed by atoms with Crippen molar-refractivity contribution in [2.24, 2.45) is 0 Å². The molecule has 3 heterocycles. The van der Waals surface area contributed by atoms with Crippen molar-refractivity contribution in [3.8, 4) is 11.1 Å². The van der Waals surface area contributed by atoms with Crippen LogP contribution < -0.4 is 0 Å². The SMILES string of the molecule is Cc1nn(S(=O)(=O)c2ccccc2)c(C)c1-c1cc(C2OCCCO2)c2occc2c1. The average Bonchev–Trinajstić information content (AvgIpc) is 3.38. The van der Waals surface area contributed by atoms with Gasteiger partial charge in [0.25, 0.3) is 10.0 Å². The van der Waals surface area contributed by atoms with E-state index in [9.17, 15) is 8.42 Å². The predicted octanol–water partition coefficient (Wildman–Crippen LogP) is 4.59. The van der Waals surface area contributed by atoms with Gasteiger partial charge in [-0.05, 0) is 56.2 Å². The Bertz CT molecular complexity index is 1350. The molecule has 0 bridgehead atoms. The van der Waals surface area contributed by atoms with E-state index < -0.39 is 16.3 Å². The van der Waals surface area contributed by atoms with Gasteiger partial charge in [-0.25, -0.2) is 0 Å². The molecule has 2 aromatic carbocycles. The maximum Gasteiger partial charge on any atom is 0.283 e. The summed E-state index contributed by atoms with van der Waals surface area (Å²) >= 11 is 0. The van der Waals surface area contributed by atoms with Gasteiger partial charge in [0, 0.05) is 10.9 Å². The molecule has 8 heteroatoms. The average molecular weight is 439 g/mol. The van der Waals surface area contributed by atoms with Crippen molar-refractivity contribution in [2.45, 2.75) is 31.5 Å². The number of aromatic nitrogens is 2. The van der Waals surface area contributed by atoms with Crippen molar-refractivity contribution in [3.63, 3.8) is 0 Å². The third-order valence-electron chi connectivity index (χ3n) is 5.47. The van der Waals surface area contributed by atoms with Gasteiger partial charge in [0.2, 0.25) is 0 Å². The second kappa shape index (κ2) is 7.64. The molecule has 0 amide bonds. The highest BCUT2D eigenvalue weighted by atomic mass is 32.2. The lowest BCUT2D eigenvalue weighted by Crippen LogP contribution is -2.18. The molecule has 5 rings (SSSR count). The first-order valence-corrected chi connectivity index (χ1v) is 11.5. The number of hydrogen-bond donors (Lipinski definition) is 0. The Kier molecular flexibility index (Phi) is 4.92. The van der Waals surface area contributed by atoms with E-state index in [1.807, 2.05) is 25.1 Å². The highest BCUT2D eigenvalue weighted by molar-refractivity contribution is 7.89. The topological polar surface area (TPSA) is 83.6 Å². The van der Waals surface area contributed by atoms with Gasteiger partial charge in [0.1, 0.15) is 5.58 Å². The van der Waals surface area contributed by atoms with Crippen molar-refractivity contribution < 1.29 is 22.3 Å². The molecule has 0 N–H and O–H groups in total. The van der Waals surface area contributed by atoms with Crippen LogP contribution in [0.2, 0.25) is 0 Å². The first-order chi connectivity index (χ1) is 15.0. The van der Waals surface area contributed by atoms with Gasteiger partial charge < -0.3 is 13.9 Å². The van der Waals surface area contributed by atoms with Gasteiger partial charge in [0.15, 0.2) is 6.29 Å². The van der Waals surface area contributed by atoms with E-state index in [2.05, 4.69) is 5.10 Å². The monoisotopic (exact) mass is 438 g/mol. The second-order valence-corrected chi connectivity index (χ2v) is 9.31. The van der Waals surface area contributed by atoms with E-state index in [0.717, 1.165) is 32.6 Å². The summed E-state index contributed by atoms with van der Waals surface area (Å²) in [5.74, 6) is 0. The quantitative estimate of drug-likeness (QED) is 0.464. The van der Waals surface area contributed by atoms with Gasteiger partial charge in [-0.1, -0.05) is 18.2 Å². The number of ether oxygens (including phenoxy) is 2. The second-order valence-electron chi connectivity index (χ2n) is 7.54. The first kappa shape index (κ1) is 20.0. The number of fused-ring (bicyclic) bond motifs is 1. The number of nitrogens with zero attached hydrogens (tertiary/aromatic N) is 2. The molecule has 1 aliphatic heterocycles. The van der Waals surface area contributed by atoms with Crippen molar-refractivity contribution in [1.82, 2.24) is 9.19 Å². The molecule has 0 aliphatic carbocycles. The molecule has 0 saturated carbocycles. The first-order valence-electron chi connectivity index (χ1n) is 10.1. The standard InChI is InChI=1S/C23H22N2O5S/c1-15-21(16(2)25(24-15)31(26,27)19-7-4-3-5-8-19)18-13-17-9-12-28-22(17)20(14-18)23-29-10-6-11-30-23/h3-5,7-9,12-14,23H,6,10-11H2,1-2H3. The summed E-state index contributed by atoms with van der Waals surface area (Å²) in [7, 11) is -3.80. The summed E-state index contributed by atoms with van der Waals surface area (Å²) in [4.78, 5) is 0.196. The Morgan fingerprint density at radius 3 is 2.52 bits per heavy atom. The molecule has 2 aromatic heterocycles. The summed E-state index contributed by atoms with van der Waals surface area (Å²) in [5, 5.41) is 5.28. The minimum Gasteiger partial charge on any atom is -0.464 e. The minimum absolute atomic E-state index is 0.196. The van der Waals surface area contributed by atoms with Crippen LogP contribution in [-0.2, 0) is 19.5 Å². The maximum atomic E-state index is 13.2. The Labute approximate surface area is 180 Å². The number of rotatable bonds is 4. The molecule has 0 spiro atoms. The summed E-state index contributed by atoms with van der Waals surface area (Å²) < 4.78 is 44.8. The maximum absolute atomic E-state index is 13.2. The lowest BCUT2D eigenvalue weighted by Gasteiger charge is -2.24. The van der Waals surface area contributed by atoms with Crippen LogP contribution in [0.3, 0.4) is 0 Å². The number of aryl methyl sites for hydroxylation is 1. The van der Waals surface area contributed by atoms with Crippen LogP contribution in [0, 0.1) is 13.8 Å². The summed E-state index contributed by atoms with van der Waals surface area (Å²) in [6.07, 6.45) is 1.95. The molecule has 160 valence electrons. The number of furan rings is 1. The van der Waals surface area contributed by atoms with Crippen LogP contribution in [0.15, 0.2) is 64.1 Å². The normalized spacial score (nSPS) is 15.5. The fourth-order valence-electron chi connectivity index (χ4n) is 4.06. The van der Waals surface area contributed by atoms with Crippen molar-refractivity contribution in [3.05, 3.63) is 71.7 Å². The summed E-state index contributed by atoms with van der Waals surface area (Å²) in [6.45, 7) is 4.81. The molecule has 1 fully saturated rings. The van der Waals surface area contributed by atoms with Gasteiger partial charge in [0.05, 0.1) is 41.3 Å². The molecule has 4 aromatic rings. The zero-order valence-corrected chi connectivity index (χ0v) is 18.1. The van der Waals surface area contributed by atoms with Crippen LogP contribution in [0.1, 0.15) is 29.7 Å². The van der Waals surface area contributed by atoms with E-state index in [-0.39, 0.29) is 4.90 Å². The largest absolute Gasteiger partial charge is 0.464 e. The van der Waals surface area contributed by atoms with E-state index >= 15 is 0 Å².